The Hall–Kier alpha value is -3.26. The summed E-state index contributed by atoms with van der Waals surface area (Å²) in [5, 5.41) is 45.8. The van der Waals surface area contributed by atoms with E-state index in [1.165, 1.54) is 51.4 Å². The van der Waals surface area contributed by atoms with E-state index in [-0.39, 0.29) is 6.42 Å². The van der Waals surface area contributed by atoms with Crippen molar-refractivity contribution in [2.45, 2.75) is 134 Å². The molecule has 0 aromatic carbocycles. The summed E-state index contributed by atoms with van der Waals surface area (Å²) in [5.74, 6) is -6.53. The fourth-order valence-electron chi connectivity index (χ4n) is 4.26. The van der Waals surface area contributed by atoms with E-state index in [4.69, 9.17) is 10.2 Å². The maximum atomic E-state index is 12.6. The summed E-state index contributed by atoms with van der Waals surface area (Å²) >= 11 is 0. The van der Waals surface area contributed by atoms with Crippen molar-refractivity contribution < 1.29 is 49.2 Å². The predicted molar refractivity (Wildman–Crippen MR) is 158 cm³/mol. The van der Waals surface area contributed by atoms with Gasteiger partial charge in [0.15, 0.2) is 0 Å². The number of unbranched alkanes of at least 4 members (excludes halogenated alkanes) is 12. The van der Waals surface area contributed by atoms with Crippen LogP contribution in [0, 0.1) is 0 Å². The van der Waals surface area contributed by atoms with E-state index < -0.39 is 79.4 Å². The molecule has 0 spiro atoms. The first-order valence-corrected chi connectivity index (χ1v) is 15.3. The number of hydrogen-bond acceptors (Lipinski definition) is 8. The van der Waals surface area contributed by atoms with E-state index in [1.807, 2.05) is 5.32 Å². The molecule has 248 valence electrons. The first-order chi connectivity index (χ1) is 20.5. The van der Waals surface area contributed by atoms with Gasteiger partial charge in [0.1, 0.15) is 24.2 Å². The van der Waals surface area contributed by atoms with Gasteiger partial charge < -0.3 is 41.7 Å². The first-order valence-electron chi connectivity index (χ1n) is 15.3. The molecule has 0 aliphatic carbocycles. The molecular formula is C29H52N4O10. The molecule has 0 aliphatic heterocycles. The van der Waals surface area contributed by atoms with E-state index in [0.717, 1.165) is 32.6 Å². The number of aliphatic carboxylic acids is 2. The molecular weight excluding hydrogens is 564 g/mol. The lowest BCUT2D eigenvalue weighted by molar-refractivity contribution is -0.143. The quantitative estimate of drug-likeness (QED) is 0.0642. The van der Waals surface area contributed by atoms with Crippen LogP contribution in [0.25, 0.3) is 0 Å². The van der Waals surface area contributed by atoms with E-state index >= 15 is 0 Å². The van der Waals surface area contributed by atoms with Gasteiger partial charge in [-0.1, -0.05) is 84.0 Å². The first kappa shape index (κ1) is 39.7. The van der Waals surface area contributed by atoms with Gasteiger partial charge in [0, 0.05) is 6.42 Å². The number of carbonyl (C=O) groups is 6. The molecule has 0 aromatic heterocycles. The Morgan fingerprint density at radius 3 is 1.37 bits per heavy atom. The standard InChI is InChI=1S/C29H52N4O10/c1-3-4-5-6-7-8-9-10-11-12-13-14-15-16-24(36)31-22(18-34)27(40)33-23(19-35)28(41)32-21(17-25(37)38)26(39)30-20(2)29(42)43/h20-23,34-35H,3-19H2,1-2H3,(H,30,39)(H,31,36)(H,32,41)(H,33,40)(H,37,38)(H,42,43)/t20-,21-,22-,23-/m0/s1. The number of rotatable bonds is 26. The minimum Gasteiger partial charge on any atom is -0.481 e. The topological polar surface area (TPSA) is 231 Å². The molecule has 4 atom stereocenters. The van der Waals surface area contributed by atoms with Crippen LogP contribution in [-0.2, 0) is 28.8 Å². The second-order valence-electron chi connectivity index (χ2n) is 10.8. The van der Waals surface area contributed by atoms with Crippen LogP contribution in [-0.4, -0.2) is 93.4 Å². The fourth-order valence-corrected chi connectivity index (χ4v) is 4.26. The van der Waals surface area contributed by atoms with Crippen LogP contribution in [0.1, 0.15) is 110 Å². The van der Waals surface area contributed by atoms with Crippen molar-refractivity contribution in [2.24, 2.45) is 0 Å². The minimum atomic E-state index is -1.70. The summed E-state index contributed by atoms with van der Waals surface area (Å²) in [4.78, 5) is 71.8. The maximum absolute atomic E-state index is 12.6. The van der Waals surface area contributed by atoms with Gasteiger partial charge in [-0.2, -0.15) is 0 Å². The van der Waals surface area contributed by atoms with Gasteiger partial charge in [-0.25, -0.2) is 0 Å². The molecule has 0 aliphatic rings. The highest BCUT2D eigenvalue weighted by molar-refractivity contribution is 5.96. The molecule has 43 heavy (non-hydrogen) atoms. The van der Waals surface area contributed by atoms with Gasteiger partial charge in [-0.3, -0.25) is 28.8 Å². The molecule has 4 amide bonds. The number of hydrogen-bond donors (Lipinski definition) is 8. The normalized spacial score (nSPS) is 13.7. The second kappa shape index (κ2) is 24.2. The van der Waals surface area contributed by atoms with E-state index in [9.17, 15) is 39.0 Å². The van der Waals surface area contributed by atoms with Crippen molar-refractivity contribution in [3.05, 3.63) is 0 Å². The molecule has 0 fully saturated rings. The SMILES string of the molecule is CCCCCCCCCCCCCCCC(=O)N[C@@H](CO)C(=O)N[C@@H](CO)C(=O)N[C@@H](CC(=O)O)C(=O)N[C@@H](C)C(=O)O. The highest BCUT2D eigenvalue weighted by Crippen LogP contribution is 2.13. The lowest BCUT2D eigenvalue weighted by atomic mass is 10.0. The van der Waals surface area contributed by atoms with Gasteiger partial charge in [-0.05, 0) is 13.3 Å². The van der Waals surface area contributed by atoms with Crippen LogP contribution in [0.4, 0.5) is 0 Å². The second-order valence-corrected chi connectivity index (χ2v) is 10.8. The number of carbonyl (C=O) groups excluding carboxylic acids is 4. The molecule has 0 aromatic rings. The van der Waals surface area contributed by atoms with Crippen molar-refractivity contribution in [1.82, 2.24) is 21.3 Å². The Morgan fingerprint density at radius 1 is 0.558 bits per heavy atom. The molecule has 8 N–H and O–H groups in total. The molecule has 14 nitrogen and oxygen atoms in total. The summed E-state index contributed by atoms with van der Waals surface area (Å²) in [6.07, 6.45) is 14.2. The predicted octanol–water partition coefficient (Wildman–Crippen LogP) is 0.971. The van der Waals surface area contributed by atoms with Gasteiger partial charge in [0.2, 0.25) is 23.6 Å². The largest absolute Gasteiger partial charge is 0.481 e. The molecule has 14 heteroatoms. The highest BCUT2D eigenvalue weighted by atomic mass is 16.4. The average molecular weight is 617 g/mol. The number of carboxylic acid groups (broad SMARTS) is 2. The molecule has 0 radical (unpaired) electrons. The fraction of sp³-hybridized carbons (Fsp3) is 0.793. The van der Waals surface area contributed by atoms with E-state index in [2.05, 4.69) is 22.9 Å². The van der Waals surface area contributed by atoms with Gasteiger partial charge in [0.25, 0.3) is 0 Å². The zero-order valence-electron chi connectivity index (χ0n) is 25.6. The van der Waals surface area contributed by atoms with Gasteiger partial charge >= 0.3 is 11.9 Å². The van der Waals surface area contributed by atoms with Crippen molar-refractivity contribution in [2.75, 3.05) is 13.2 Å². The number of aliphatic hydroxyl groups is 2. The van der Waals surface area contributed by atoms with Crippen molar-refractivity contribution >= 4 is 35.6 Å². The summed E-state index contributed by atoms with van der Waals surface area (Å²) < 4.78 is 0. The average Bonchev–Trinajstić information content (AvgIpc) is 2.95. The summed E-state index contributed by atoms with van der Waals surface area (Å²) in [5.41, 5.74) is 0. The third-order valence-electron chi connectivity index (χ3n) is 6.90. The Balaban J connectivity index is 4.55. The smallest absolute Gasteiger partial charge is 0.325 e. The van der Waals surface area contributed by atoms with Gasteiger partial charge in [-0.15, -0.1) is 0 Å². The molecule has 0 unspecified atom stereocenters. The number of amides is 4. The van der Waals surface area contributed by atoms with Crippen molar-refractivity contribution in [1.29, 1.82) is 0 Å². The lowest BCUT2D eigenvalue weighted by Crippen LogP contribution is -2.59. The van der Waals surface area contributed by atoms with Gasteiger partial charge in [0.05, 0.1) is 19.6 Å². The van der Waals surface area contributed by atoms with Crippen LogP contribution < -0.4 is 21.3 Å². The third-order valence-corrected chi connectivity index (χ3v) is 6.90. The highest BCUT2D eigenvalue weighted by Gasteiger charge is 2.31. The Bertz CT molecular complexity index is 870. The maximum Gasteiger partial charge on any atom is 0.325 e. The molecule has 0 saturated heterocycles. The van der Waals surface area contributed by atoms with E-state index in [1.54, 1.807) is 0 Å². The molecule has 0 heterocycles. The molecule has 0 bridgehead atoms. The van der Waals surface area contributed by atoms with Crippen molar-refractivity contribution in [3.8, 4) is 0 Å². The Labute approximate surface area is 253 Å². The van der Waals surface area contributed by atoms with Crippen LogP contribution >= 0.6 is 0 Å². The van der Waals surface area contributed by atoms with Crippen LogP contribution in [0.15, 0.2) is 0 Å². The molecule has 0 rings (SSSR count). The number of nitrogens with one attached hydrogen (secondary N) is 4. The zero-order chi connectivity index (χ0) is 32.6. The monoisotopic (exact) mass is 616 g/mol. The Morgan fingerprint density at radius 2 is 0.953 bits per heavy atom. The van der Waals surface area contributed by atoms with Crippen LogP contribution in [0.3, 0.4) is 0 Å². The molecule has 0 saturated carbocycles. The van der Waals surface area contributed by atoms with Crippen LogP contribution in [0.5, 0.6) is 0 Å². The number of aliphatic hydroxyl groups excluding tert-OH is 2. The third kappa shape index (κ3) is 19.5. The number of carboxylic acids is 2. The zero-order valence-corrected chi connectivity index (χ0v) is 25.6. The lowest BCUT2D eigenvalue weighted by Gasteiger charge is -2.23. The van der Waals surface area contributed by atoms with Crippen molar-refractivity contribution in [3.63, 3.8) is 0 Å². The van der Waals surface area contributed by atoms with Crippen LogP contribution in [0.2, 0.25) is 0 Å². The Kier molecular flexibility index (Phi) is 22.4. The summed E-state index contributed by atoms with van der Waals surface area (Å²) in [6.45, 7) is 1.62. The summed E-state index contributed by atoms with van der Waals surface area (Å²) in [6, 6.07) is -6.14. The minimum absolute atomic E-state index is 0.145. The van der Waals surface area contributed by atoms with E-state index in [0.29, 0.717) is 6.42 Å². The summed E-state index contributed by atoms with van der Waals surface area (Å²) in [7, 11) is 0.